The molecular formula is C30H48N4O4. The number of ether oxygens (including phenoxy) is 1. The van der Waals surface area contributed by atoms with Crippen LogP contribution in [0.3, 0.4) is 0 Å². The first-order valence-corrected chi connectivity index (χ1v) is 14.9. The van der Waals surface area contributed by atoms with E-state index in [0.717, 1.165) is 89.4 Å². The lowest BCUT2D eigenvalue weighted by atomic mass is 9.86. The number of amides is 3. The molecule has 0 spiro atoms. The van der Waals surface area contributed by atoms with Crippen LogP contribution >= 0.6 is 0 Å². The third-order valence-electron chi connectivity index (χ3n) is 8.53. The molecule has 8 heteroatoms. The number of piperidine rings is 2. The second kappa shape index (κ2) is 12.6. The third-order valence-corrected chi connectivity index (χ3v) is 8.53. The van der Waals surface area contributed by atoms with Crippen LogP contribution in [0, 0.1) is 5.92 Å². The average molecular weight is 529 g/mol. The van der Waals surface area contributed by atoms with Crippen molar-refractivity contribution < 1.29 is 19.1 Å². The van der Waals surface area contributed by atoms with E-state index in [9.17, 15) is 14.4 Å². The van der Waals surface area contributed by atoms with E-state index in [-0.39, 0.29) is 30.0 Å². The van der Waals surface area contributed by atoms with Crippen LogP contribution in [0.4, 0.5) is 4.79 Å². The molecule has 0 radical (unpaired) electrons. The van der Waals surface area contributed by atoms with E-state index in [4.69, 9.17) is 9.73 Å². The highest BCUT2D eigenvalue weighted by Gasteiger charge is 2.33. The number of rotatable bonds is 5. The van der Waals surface area contributed by atoms with E-state index < -0.39 is 5.60 Å². The van der Waals surface area contributed by atoms with Gasteiger partial charge in [-0.3, -0.25) is 14.6 Å². The third kappa shape index (κ3) is 7.82. The van der Waals surface area contributed by atoms with Crippen molar-refractivity contribution in [3.63, 3.8) is 0 Å². The highest BCUT2D eigenvalue weighted by atomic mass is 16.6. The Bertz CT molecular complexity index is 934. The number of nitrogens with zero attached hydrogens (tertiary/aromatic N) is 3. The standard InChI is InChI=1S/C30H48N4O4/c1-21(35)31-25-15-19-33(20-16-25)28(36)27-26-8-6-5-7-23(26)10-12-24(32-27)11-9-22-13-17-34(18-14-22)29(37)38-30(2,3)4/h22,24-25H,5-20H2,1-4H3,(H,31,35). The summed E-state index contributed by atoms with van der Waals surface area (Å²) < 4.78 is 5.54. The Morgan fingerprint density at radius 2 is 1.55 bits per heavy atom. The van der Waals surface area contributed by atoms with Crippen molar-refractivity contribution in [2.24, 2.45) is 10.9 Å². The second-order valence-electron chi connectivity index (χ2n) is 12.7. The molecule has 3 heterocycles. The molecule has 2 saturated heterocycles. The first kappa shape index (κ1) is 28.6. The Balaban J connectivity index is 1.35. The summed E-state index contributed by atoms with van der Waals surface area (Å²) >= 11 is 0. The summed E-state index contributed by atoms with van der Waals surface area (Å²) in [6.07, 6.45) is 12.0. The Morgan fingerprint density at radius 3 is 2.21 bits per heavy atom. The molecule has 4 rings (SSSR count). The minimum absolute atomic E-state index is 0.00159. The maximum Gasteiger partial charge on any atom is 0.410 e. The smallest absolute Gasteiger partial charge is 0.410 e. The number of aliphatic imine (C=N–C) groups is 1. The van der Waals surface area contributed by atoms with Gasteiger partial charge in [0.15, 0.2) is 0 Å². The van der Waals surface area contributed by atoms with Gasteiger partial charge in [-0.2, -0.15) is 0 Å². The van der Waals surface area contributed by atoms with Crippen molar-refractivity contribution in [2.45, 2.75) is 122 Å². The summed E-state index contributed by atoms with van der Waals surface area (Å²) in [7, 11) is 0. The fourth-order valence-electron chi connectivity index (χ4n) is 6.41. The molecule has 1 unspecified atom stereocenters. The lowest BCUT2D eigenvalue weighted by Gasteiger charge is -2.34. The number of hydrogen-bond donors (Lipinski definition) is 1. The molecule has 0 bridgehead atoms. The molecule has 38 heavy (non-hydrogen) atoms. The molecule has 0 aromatic heterocycles. The van der Waals surface area contributed by atoms with Gasteiger partial charge in [-0.15, -0.1) is 0 Å². The topological polar surface area (TPSA) is 91.3 Å². The van der Waals surface area contributed by atoms with Crippen LogP contribution in [0.25, 0.3) is 0 Å². The highest BCUT2D eigenvalue weighted by Crippen LogP contribution is 2.35. The Hall–Kier alpha value is -2.38. The molecule has 1 N–H and O–H groups in total. The molecule has 0 saturated carbocycles. The van der Waals surface area contributed by atoms with Crippen molar-refractivity contribution in [3.05, 3.63) is 11.1 Å². The maximum atomic E-state index is 13.8. The maximum absolute atomic E-state index is 13.8. The van der Waals surface area contributed by atoms with Crippen LogP contribution in [-0.4, -0.2) is 77.3 Å². The number of hydrogen-bond acceptors (Lipinski definition) is 5. The summed E-state index contributed by atoms with van der Waals surface area (Å²) in [4.78, 5) is 46.6. The minimum Gasteiger partial charge on any atom is -0.444 e. The largest absolute Gasteiger partial charge is 0.444 e. The van der Waals surface area contributed by atoms with Gasteiger partial charge in [0.05, 0.1) is 6.04 Å². The molecule has 8 nitrogen and oxygen atoms in total. The van der Waals surface area contributed by atoms with Gasteiger partial charge in [0.1, 0.15) is 11.3 Å². The minimum atomic E-state index is -0.463. The molecule has 0 aromatic carbocycles. The van der Waals surface area contributed by atoms with Crippen molar-refractivity contribution in [1.29, 1.82) is 0 Å². The summed E-state index contributed by atoms with van der Waals surface area (Å²) in [5.74, 6) is 0.679. The van der Waals surface area contributed by atoms with Gasteiger partial charge in [-0.25, -0.2) is 4.79 Å². The van der Waals surface area contributed by atoms with E-state index in [0.29, 0.717) is 19.0 Å². The monoisotopic (exact) mass is 528 g/mol. The van der Waals surface area contributed by atoms with Crippen LogP contribution in [0.5, 0.6) is 0 Å². The fraction of sp³-hybridized carbons (Fsp3) is 0.800. The van der Waals surface area contributed by atoms with E-state index in [1.54, 1.807) is 6.92 Å². The summed E-state index contributed by atoms with van der Waals surface area (Å²) in [6.45, 7) is 10.1. The molecule has 3 aliphatic heterocycles. The van der Waals surface area contributed by atoms with E-state index in [1.807, 2.05) is 30.6 Å². The lowest BCUT2D eigenvalue weighted by Crippen LogP contribution is -2.48. The van der Waals surface area contributed by atoms with Gasteiger partial charge in [0.2, 0.25) is 5.91 Å². The number of carbonyl (C=O) groups excluding carboxylic acids is 3. The summed E-state index contributed by atoms with van der Waals surface area (Å²) in [6, 6.07) is 0.340. The molecule has 4 aliphatic rings. The van der Waals surface area contributed by atoms with Crippen LogP contribution < -0.4 is 5.32 Å². The van der Waals surface area contributed by atoms with Crippen LogP contribution in [0.15, 0.2) is 16.1 Å². The Labute approximate surface area is 228 Å². The molecule has 0 aromatic rings. The van der Waals surface area contributed by atoms with Crippen LogP contribution in [-0.2, 0) is 14.3 Å². The second-order valence-corrected chi connectivity index (χ2v) is 12.7. The number of carbonyl (C=O) groups is 3. The van der Waals surface area contributed by atoms with Crippen molar-refractivity contribution in [2.75, 3.05) is 26.2 Å². The van der Waals surface area contributed by atoms with E-state index >= 15 is 0 Å². The number of nitrogens with one attached hydrogen (secondary N) is 1. The van der Waals surface area contributed by atoms with Gasteiger partial charge in [0.25, 0.3) is 5.91 Å². The van der Waals surface area contributed by atoms with Crippen molar-refractivity contribution >= 4 is 23.6 Å². The molecule has 3 amide bonds. The predicted molar refractivity (Wildman–Crippen MR) is 149 cm³/mol. The zero-order valence-corrected chi connectivity index (χ0v) is 24.0. The van der Waals surface area contributed by atoms with Crippen molar-refractivity contribution in [1.82, 2.24) is 15.1 Å². The zero-order chi connectivity index (χ0) is 27.3. The zero-order valence-electron chi connectivity index (χ0n) is 24.0. The van der Waals surface area contributed by atoms with Crippen LogP contribution in [0.2, 0.25) is 0 Å². The van der Waals surface area contributed by atoms with Gasteiger partial charge in [-0.1, -0.05) is 5.57 Å². The van der Waals surface area contributed by atoms with Gasteiger partial charge in [-0.05, 0) is 109 Å². The van der Waals surface area contributed by atoms with Gasteiger partial charge in [0, 0.05) is 39.1 Å². The normalized spacial score (nSPS) is 23.9. The lowest BCUT2D eigenvalue weighted by molar-refractivity contribution is -0.125. The average Bonchev–Trinajstić information content (AvgIpc) is 3.06. The molecule has 212 valence electrons. The molecule has 1 aliphatic carbocycles. The first-order chi connectivity index (χ1) is 18.1. The van der Waals surface area contributed by atoms with Gasteiger partial charge >= 0.3 is 6.09 Å². The SMILES string of the molecule is CC(=O)NC1CCN(C(=O)C2=NC(CCC3CCN(C(=O)OC(C)(C)C)CC3)CCC3=C2CCCC3)CC1. The van der Waals surface area contributed by atoms with Gasteiger partial charge < -0.3 is 19.9 Å². The summed E-state index contributed by atoms with van der Waals surface area (Å²) in [5, 5.41) is 3.00. The van der Waals surface area contributed by atoms with E-state index in [2.05, 4.69) is 5.32 Å². The number of likely N-dealkylation sites (tertiary alicyclic amines) is 2. The predicted octanol–water partition coefficient (Wildman–Crippen LogP) is 5.01. The summed E-state index contributed by atoms with van der Waals surface area (Å²) in [5.41, 5.74) is 2.97. The number of allylic oxidation sites excluding steroid dienone is 1. The Morgan fingerprint density at radius 1 is 0.895 bits per heavy atom. The molecule has 2 fully saturated rings. The molecular weight excluding hydrogens is 480 g/mol. The first-order valence-electron chi connectivity index (χ1n) is 14.9. The molecule has 1 atom stereocenters. The Kier molecular flexibility index (Phi) is 9.53. The quantitative estimate of drug-likeness (QED) is 0.543. The van der Waals surface area contributed by atoms with Crippen LogP contribution in [0.1, 0.15) is 105 Å². The van der Waals surface area contributed by atoms with Crippen molar-refractivity contribution in [3.8, 4) is 0 Å². The van der Waals surface area contributed by atoms with E-state index in [1.165, 1.54) is 17.6 Å². The highest BCUT2D eigenvalue weighted by molar-refractivity contribution is 6.45. The fourth-order valence-corrected chi connectivity index (χ4v) is 6.41.